The molecule has 20 heavy (non-hydrogen) atoms. The van der Waals surface area contributed by atoms with Gasteiger partial charge in [0.05, 0.1) is 0 Å². The van der Waals surface area contributed by atoms with Crippen LogP contribution in [0, 0.1) is 0 Å². The molecule has 0 fully saturated rings. The second-order valence-electron chi connectivity index (χ2n) is 4.53. The molecule has 0 aliphatic carbocycles. The van der Waals surface area contributed by atoms with Crippen molar-refractivity contribution >= 4 is 0 Å². The monoisotopic (exact) mass is 271 g/mol. The zero-order chi connectivity index (χ0) is 15.7. The molecule has 0 atom stereocenters. The molecule has 0 bridgehead atoms. The van der Waals surface area contributed by atoms with E-state index in [-0.39, 0.29) is 0 Å². The third-order valence-electron chi connectivity index (χ3n) is 3.51. The Kier molecular flexibility index (Phi) is 8.38. The topological polar surface area (TPSA) is 26.0 Å². The van der Waals surface area contributed by atoms with Crippen LogP contribution in [0.2, 0.25) is 0 Å². The molecule has 0 aliphatic rings. The molecule has 0 aliphatic heterocycles. The fraction of sp³-hybridized carbons (Fsp3) is 0.368. The quantitative estimate of drug-likeness (QED) is 0.647. The molecule has 0 heterocycles. The van der Waals surface area contributed by atoms with E-state index >= 15 is 0 Å². The third kappa shape index (κ3) is 4.12. The maximum Gasteiger partial charge on any atom is 0.0347 e. The molecule has 0 amide bonds. The Labute approximate surface area is 125 Å². The van der Waals surface area contributed by atoms with E-state index < -0.39 is 0 Å². The van der Waals surface area contributed by atoms with Crippen LogP contribution in [0.5, 0.6) is 0 Å². The summed E-state index contributed by atoms with van der Waals surface area (Å²) in [4.78, 5) is 0. The standard InChI is InChI=1S/C19H29N/c1-8-14(7)15(9-2)16(10-3)17(11-4)18(12-5)19(20)13-6/h8-13H,20H2,1-7H3. The first-order chi connectivity index (χ1) is 9.51. The van der Waals surface area contributed by atoms with Gasteiger partial charge in [-0.3, -0.25) is 0 Å². The zero-order valence-electron chi connectivity index (χ0n) is 14.0. The molecule has 0 saturated heterocycles. The molecule has 0 radical (unpaired) electrons. The lowest BCUT2D eigenvalue weighted by atomic mass is 9.86. The molecule has 1 nitrogen and oxygen atoms in total. The third-order valence-corrected chi connectivity index (χ3v) is 3.51. The lowest BCUT2D eigenvalue weighted by Gasteiger charge is -2.19. The van der Waals surface area contributed by atoms with Crippen molar-refractivity contribution in [3.05, 3.63) is 70.0 Å². The molecular formula is C19H29N. The second kappa shape index (κ2) is 9.19. The van der Waals surface area contributed by atoms with Gasteiger partial charge in [-0.15, -0.1) is 0 Å². The van der Waals surface area contributed by atoms with Crippen LogP contribution in [0.3, 0.4) is 0 Å². The average Bonchev–Trinajstić information content (AvgIpc) is 2.49. The van der Waals surface area contributed by atoms with Crippen LogP contribution in [-0.2, 0) is 0 Å². The summed E-state index contributed by atoms with van der Waals surface area (Å²) in [6.07, 6.45) is 12.6. The Bertz CT molecular complexity index is 458. The van der Waals surface area contributed by atoms with Gasteiger partial charge in [-0.2, -0.15) is 0 Å². The minimum absolute atomic E-state index is 0.813. The Morgan fingerprint density at radius 1 is 0.550 bits per heavy atom. The van der Waals surface area contributed by atoms with Crippen LogP contribution in [0.15, 0.2) is 70.0 Å². The van der Waals surface area contributed by atoms with Gasteiger partial charge in [0.2, 0.25) is 0 Å². The van der Waals surface area contributed by atoms with Gasteiger partial charge in [-0.05, 0) is 70.8 Å². The Hall–Kier alpha value is -1.76. The number of hydrogen-bond donors (Lipinski definition) is 1. The van der Waals surface area contributed by atoms with Crippen molar-refractivity contribution in [3.63, 3.8) is 0 Å². The highest BCUT2D eigenvalue weighted by molar-refractivity contribution is 5.64. The van der Waals surface area contributed by atoms with E-state index in [2.05, 4.69) is 65.0 Å². The van der Waals surface area contributed by atoms with E-state index in [9.17, 15) is 0 Å². The summed E-state index contributed by atoms with van der Waals surface area (Å²) in [6.45, 7) is 14.4. The summed E-state index contributed by atoms with van der Waals surface area (Å²) in [6, 6.07) is 0. The van der Waals surface area contributed by atoms with Crippen LogP contribution in [0.25, 0.3) is 0 Å². The number of rotatable bonds is 5. The Morgan fingerprint density at radius 2 is 0.950 bits per heavy atom. The summed E-state index contributed by atoms with van der Waals surface area (Å²) >= 11 is 0. The number of nitrogens with two attached hydrogens (primary N) is 1. The van der Waals surface area contributed by atoms with Crippen molar-refractivity contribution in [1.82, 2.24) is 0 Å². The van der Waals surface area contributed by atoms with Gasteiger partial charge in [-0.1, -0.05) is 36.5 Å². The van der Waals surface area contributed by atoms with Gasteiger partial charge in [0.25, 0.3) is 0 Å². The highest BCUT2D eigenvalue weighted by Gasteiger charge is 2.14. The van der Waals surface area contributed by atoms with Crippen LogP contribution in [0.4, 0.5) is 0 Å². The van der Waals surface area contributed by atoms with Crippen molar-refractivity contribution < 1.29 is 0 Å². The maximum atomic E-state index is 6.14. The highest BCUT2D eigenvalue weighted by Crippen LogP contribution is 2.32. The molecule has 110 valence electrons. The van der Waals surface area contributed by atoms with Gasteiger partial charge >= 0.3 is 0 Å². The first-order valence-corrected chi connectivity index (χ1v) is 7.23. The van der Waals surface area contributed by atoms with Crippen LogP contribution in [0.1, 0.15) is 48.5 Å². The molecule has 1 heteroatoms. The molecule has 0 spiro atoms. The molecule has 0 aromatic rings. The summed E-state index contributed by atoms with van der Waals surface area (Å²) in [5.41, 5.74) is 13.0. The average molecular weight is 271 g/mol. The lowest BCUT2D eigenvalue weighted by Crippen LogP contribution is -2.07. The Morgan fingerprint density at radius 3 is 1.25 bits per heavy atom. The first kappa shape index (κ1) is 18.2. The molecule has 0 aromatic heterocycles. The largest absolute Gasteiger partial charge is 0.399 e. The molecule has 0 rings (SSSR count). The molecule has 0 saturated carbocycles. The predicted molar refractivity (Wildman–Crippen MR) is 92.4 cm³/mol. The smallest absolute Gasteiger partial charge is 0.0347 e. The number of hydrogen-bond acceptors (Lipinski definition) is 1. The molecule has 0 aromatic carbocycles. The van der Waals surface area contributed by atoms with E-state index in [1.165, 1.54) is 22.3 Å². The van der Waals surface area contributed by atoms with Gasteiger partial charge in [0, 0.05) is 11.3 Å². The molecular weight excluding hydrogens is 242 g/mol. The SMILES string of the molecule is CC=C(C)C(=CC)C(=CC)C(=CC)C(=CC)C(N)=CC. The van der Waals surface area contributed by atoms with Gasteiger partial charge in [-0.25, -0.2) is 0 Å². The predicted octanol–water partition coefficient (Wildman–Crippen LogP) is 5.60. The Balaban J connectivity index is 6.01. The van der Waals surface area contributed by atoms with Crippen molar-refractivity contribution in [2.45, 2.75) is 48.5 Å². The summed E-state index contributed by atoms with van der Waals surface area (Å²) in [5, 5.41) is 0. The fourth-order valence-corrected chi connectivity index (χ4v) is 2.30. The van der Waals surface area contributed by atoms with E-state index in [1.54, 1.807) is 0 Å². The summed E-state index contributed by atoms with van der Waals surface area (Å²) in [5.74, 6) is 0. The summed E-state index contributed by atoms with van der Waals surface area (Å²) in [7, 11) is 0. The molecule has 0 unspecified atom stereocenters. The highest BCUT2D eigenvalue weighted by atomic mass is 14.6. The first-order valence-electron chi connectivity index (χ1n) is 7.23. The lowest BCUT2D eigenvalue weighted by molar-refractivity contribution is 1.22. The van der Waals surface area contributed by atoms with Crippen molar-refractivity contribution in [3.8, 4) is 0 Å². The van der Waals surface area contributed by atoms with Gasteiger partial charge in [0.1, 0.15) is 0 Å². The van der Waals surface area contributed by atoms with E-state index in [4.69, 9.17) is 5.73 Å². The molecule has 2 N–H and O–H groups in total. The minimum Gasteiger partial charge on any atom is -0.399 e. The zero-order valence-corrected chi connectivity index (χ0v) is 14.0. The summed E-state index contributed by atoms with van der Waals surface area (Å²) < 4.78 is 0. The van der Waals surface area contributed by atoms with E-state index in [0.717, 1.165) is 11.3 Å². The van der Waals surface area contributed by atoms with Crippen LogP contribution in [-0.4, -0.2) is 0 Å². The van der Waals surface area contributed by atoms with Crippen LogP contribution >= 0.6 is 0 Å². The van der Waals surface area contributed by atoms with Crippen molar-refractivity contribution in [2.24, 2.45) is 5.73 Å². The van der Waals surface area contributed by atoms with E-state index in [1.807, 2.05) is 19.9 Å². The minimum atomic E-state index is 0.813. The second-order valence-corrected chi connectivity index (χ2v) is 4.53. The van der Waals surface area contributed by atoms with E-state index in [0.29, 0.717) is 0 Å². The normalized spacial score (nSPS) is 16.8. The fourth-order valence-electron chi connectivity index (χ4n) is 2.30. The van der Waals surface area contributed by atoms with Crippen molar-refractivity contribution in [2.75, 3.05) is 0 Å². The maximum absolute atomic E-state index is 6.14. The van der Waals surface area contributed by atoms with Crippen LogP contribution < -0.4 is 5.73 Å². The van der Waals surface area contributed by atoms with Gasteiger partial charge in [0.15, 0.2) is 0 Å². The number of allylic oxidation sites excluding steroid dienone is 10. The van der Waals surface area contributed by atoms with Gasteiger partial charge < -0.3 is 5.73 Å². The van der Waals surface area contributed by atoms with Crippen molar-refractivity contribution in [1.29, 1.82) is 0 Å².